The van der Waals surface area contributed by atoms with Crippen LogP contribution in [0.3, 0.4) is 0 Å². The van der Waals surface area contributed by atoms with Gasteiger partial charge in [0, 0.05) is 18.3 Å². The Kier molecular flexibility index (Phi) is 3.78. The molecule has 0 aliphatic heterocycles. The molecule has 2 heterocycles. The van der Waals surface area contributed by atoms with E-state index in [1.54, 1.807) is 0 Å². The second-order valence-corrected chi connectivity index (χ2v) is 4.13. The number of aryl methyl sites for hydroxylation is 3. The fraction of sp³-hybridized carbons (Fsp3) is 0.364. The van der Waals surface area contributed by atoms with Crippen LogP contribution in [0.15, 0.2) is 22.0 Å². The first-order valence-electron chi connectivity index (χ1n) is 5.97. The van der Waals surface area contributed by atoms with Crippen molar-refractivity contribution >= 4 is 5.97 Å². The Morgan fingerprint density at radius 1 is 1.35 bits per heavy atom. The molecule has 0 spiro atoms. The molecule has 9 heteroatoms. The van der Waals surface area contributed by atoms with Crippen molar-refractivity contribution in [1.29, 1.82) is 0 Å². The quantitative estimate of drug-likeness (QED) is 0.730. The lowest BCUT2D eigenvalue weighted by atomic mass is 10.3. The fourth-order valence-electron chi connectivity index (χ4n) is 1.69. The summed E-state index contributed by atoms with van der Waals surface area (Å²) in [6.07, 6.45) is 3.29. The molecule has 106 valence electrons. The lowest BCUT2D eigenvalue weighted by Crippen LogP contribution is -2.32. The highest BCUT2D eigenvalue weighted by Crippen LogP contribution is 1.94. The standard InChI is InChI=1S/C11H13N5O4/c1-2-7-5-15(11(20)12-9(7)17)3-4-16-6-8(10(18)19)13-14-16/h5-6H,2-4H2,1H3,(H,18,19)(H,12,17,20). The minimum atomic E-state index is -1.16. The number of aromatic amines is 1. The van der Waals surface area contributed by atoms with Gasteiger partial charge in [0.15, 0.2) is 5.69 Å². The van der Waals surface area contributed by atoms with E-state index < -0.39 is 11.7 Å². The molecule has 0 aliphatic rings. The third kappa shape index (κ3) is 2.82. The largest absolute Gasteiger partial charge is 0.476 e. The zero-order valence-electron chi connectivity index (χ0n) is 10.7. The Hall–Kier alpha value is -2.71. The van der Waals surface area contributed by atoms with Gasteiger partial charge >= 0.3 is 11.7 Å². The maximum atomic E-state index is 11.6. The first-order chi connectivity index (χ1) is 9.51. The van der Waals surface area contributed by atoms with Crippen LogP contribution in [-0.4, -0.2) is 35.6 Å². The normalized spacial score (nSPS) is 10.7. The summed E-state index contributed by atoms with van der Waals surface area (Å²) in [6, 6.07) is 0. The number of aromatic nitrogens is 5. The molecule has 0 unspecified atom stereocenters. The minimum Gasteiger partial charge on any atom is -0.476 e. The predicted molar refractivity (Wildman–Crippen MR) is 67.7 cm³/mol. The van der Waals surface area contributed by atoms with Crippen LogP contribution in [-0.2, 0) is 19.5 Å². The molecule has 0 amide bonds. The second-order valence-electron chi connectivity index (χ2n) is 4.13. The van der Waals surface area contributed by atoms with Gasteiger partial charge in [-0.2, -0.15) is 0 Å². The monoisotopic (exact) mass is 279 g/mol. The molecule has 20 heavy (non-hydrogen) atoms. The molecule has 0 radical (unpaired) electrons. The van der Waals surface area contributed by atoms with Crippen molar-refractivity contribution in [2.24, 2.45) is 0 Å². The smallest absolute Gasteiger partial charge is 0.358 e. The van der Waals surface area contributed by atoms with Crippen LogP contribution in [0.4, 0.5) is 0 Å². The van der Waals surface area contributed by atoms with Crippen molar-refractivity contribution in [1.82, 2.24) is 24.5 Å². The highest BCUT2D eigenvalue weighted by molar-refractivity contribution is 5.84. The summed E-state index contributed by atoms with van der Waals surface area (Å²) >= 11 is 0. The van der Waals surface area contributed by atoms with Gasteiger partial charge in [0.05, 0.1) is 12.7 Å². The van der Waals surface area contributed by atoms with Crippen molar-refractivity contribution in [2.45, 2.75) is 26.4 Å². The Morgan fingerprint density at radius 3 is 2.70 bits per heavy atom. The van der Waals surface area contributed by atoms with Crippen LogP contribution < -0.4 is 11.2 Å². The summed E-state index contributed by atoms with van der Waals surface area (Å²) in [5.74, 6) is -1.16. The number of carboxylic acids is 1. The molecule has 0 saturated carbocycles. The summed E-state index contributed by atoms with van der Waals surface area (Å²) < 4.78 is 2.68. The highest BCUT2D eigenvalue weighted by Gasteiger charge is 2.08. The number of aromatic carboxylic acids is 1. The van der Waals surface area contributed by atoms with Crippen LogP contribution in [0.5, 0.6) is 0 Å². The van der Waals surface area contributed by atoms with E-state index in [1.165, 1.54) is 21.6 Å². The summed E-state index contributed by atoms with van der Waals surface area (Å²) in [5, 5.41) is 15.8. The molecule has 0 aromatic carbocycles. The molecular weight excluding hydrogens is 266 g/mol. The third-order valence-electron chi connectivity index (χ3n) is 2.79. The number of hydrogen-bond acceptors (Lipinski definition) is 5. The number of nitrogens with one attached hydrogen (secondary N) is 1. The van der Waals surface area contributed by atoms with Gasteiger partial charge < -0.3 is 5.11 Å². The maximum absolute atomic E-state index is 11.6. The van der Waals surface area contributed by atoms with E-state index >= 15 is 0 Å². The molecule has 2 rings (SSSR count). The van der Waals surface area contributed by atoms with Crippen molar-refractivity contribution in [3.63, 3.8) is 0 Å². The van der Waals surface area contributed by atoms with Crippen LogP contribution >= 0.6 is 0 Å². The second kappa shape index (κ2) is 5.51. The van der Waals surface area contributed by atoms with Gasteiger partial charge in [-0.05, 0) is 6.42 Å². The van der Waals surface area contributed by atoms with E-state index in [-0.39, 0.29) is 24.3 Å². The fourth-order valence-corrected chi connectivity index (χ4v) is 1.69. The predicted octanol–water partition coefficient (Wildman–Crippen LogP) is -0.911. The van der Waals surface area contributed by atoms with Crippen LogP contribution in [0.25, 0.3) is 0 Å². The van der Waals surface area contributed by atoms with Crippen molar-refractivity contribution < 1.29 is 9.90 Å². The van der Waals surface area contributed by atoms with Crippen LogP contribution in [0.2, 0.25) is 0 Å². The molecule has 2 aromatic rings. The molecule has 0 bridgehead atoms. The number of hydrogen-bond donors (Lipinski definition) is 2. The zero-order valence-corrected chi connectivity index (χ0v) is 10.7. The molecule has 0 atom stereocenters. The van der Waals surface area contributed by atoms with Crippen molar-refractivity contribution in [3.05, 3.63) is 44.5 Å². The Bertz CT molecular complexity index is 742. The molecule has 2 aromatic heterocycles. The highest BCUT2D eigenvalue weighted by atomic mass is 16.4. The summed E-state index contributed by atoms with van der Waals surface area (Å²) in [5.41, 5.74) is -0.545. The van der Waals surface area contributed by atoms with E-state index in [2.05, 4.69) is 15.3 Å². The molecular formula is C11H13N5O4. The van der Waals surface area contributed by atoms with E-state index in [9.17, 15) is 14.4 Å². The molecule has 2 N–H and O–H groups in total. The Morgan fingerprint density at radius 2 is 2.10 bits per heavy atom. The maximum Gasteiger partial charge on any atom is 0.358 e. The number of carboxylic acid groups (broad SMARTS) is 1. The Balaban J connectivity index is 2.16. The summed E-state index contributed by atoms with van der Waals surface area (Å²) in [6.45, 7) is 2.34. The van der Waals surface area contributed by atoms with Gasteiger partial charge in [0.2, 0.25) is 0 Å². The first-order valence-corrected chi connectivity index (χ1v) is 5.97. The van der Waals surface area contributed by atoms with Gasteiger partial charge in [-0.1, -0.05) is 12.1 Å². The molecule has 0 fully saturated rings. The molecule has 0 saturated heterocycles. The van der Waals surface area contributed by atoms with Gasteiger partial charge in [-0.25, -0.2) is 14.3 Å². The Labute approximate surface area is 112 Å². The first kappa shape index (κ1) is 13.7. The number of H-pyrrole nitrogens is 1. The lowest BCUT2D eigenvalue weighted by Gasteiger charge is -2.06. The lowest BCUT2D eigenvalue weighted by molar-refractivity contribution is 0.0690. The summed E-state index contributed by atoms with van der Waals surface area (Å²) in [7, 11) is 0. The van der Waals surface area contributed by atoms with Gasteiger partial charge in [0.1, 0.15) is 0 Å². The van der Waals surface area contributed by atoms with E-state index in [1.807, 2.05) is 6.92 Å². The molecule has 0 aliphatic carbocycles. The zero-order chi connectivity index (χ0) is 14.7. The minimum absolute atomic E-state index is 0.159. The average molecular weight is 279 g/mol. The van der Waals surface area contributed by atoms with Gasteiger partial charge in [-0.3, -0.25) is 14.3 Å². The van der Waals surface area contributed by atoms with Crippen molar-refractivity contribution in [2.75, 3.05) is 0 Å². The van der Waals surface area contributed by atoms with E-state index in [4.69, 9.17) is 5.11 Å². The summed E-state index contributed by atoms with van der Waals surface area (Å²) in [4.78, 5) is 35.9. The number of carbonyl (C=O) groups is 1. The average Bonchev–Trinajstić information content (AvgIpc) is 2.87. The topological polar surface area (TPSA) is 123 Å². The SMILES string of the molecule is CCc1cn(CCn2cc(C(=O)O)nn2)c(=O)[nH]c1=O. The number of rotatable bonds is 5. The van der Waals surface area contributed by atoms with E-state index in [0.29, 0.717) is 12.0 Å². The number of nitrogens with zero attached hydrogens (tertiary/aromatic N) is 4. The molecule has 9 nitrogen and oxygen atoms in total. The third-order valence-corrected chi connectivity index (χ3v) is 2.79. The van der Waals surface area contributed by atoms with E-state index in [0.717, 1.165) is 0 Å². The van der Waals surface area contributed by atoms with Crippen LogP contribution in [0.1, 0.15) is 23.0 Å². The van der Waals surface area contributed by atoms with Crippen LogP contribution in [0, 0.1) is 0 Å². The van der Waals surface area contributed by atoms with Crippen molar-refractivity contribution in [3.8, 4) is 0 Å². The van der Waals surface area contributed by atoms with Gasteiger partial charge in [-0.15, -0.1) is 5.10 Å². The van der Waals surface area contributed by atoms with Gasteiger partial charge in [0.25, 0.3) is 5.56 Å².